The van der Waals surface area contributed by atoms with Crippen molar-refractivity contribution >= 4 is 19.3 Å². The molecule has 2 unspecified atom stereocenters. The minimum Gasteiger partial charge on any atom is -0.481 e. The lowest BCUT2D eigenvalue weighted by atomic mass is 10.1. The molecule has 0 bridgehead atoms. The largest absolute Gasteiger partial charge is 0.481 e. The molecule has 2 atom stereocenters. The summed E-state index contributed by atoms with van der Waals surface area (Å²) in [5.41, 5.74) is -0.378. The van der Waals surface area contributed by atoms with Crippen molar-refractivity contribution in [3.05, 3.63) is 35.9 Å². The van der Waals surface area contributed by atoms with Crippen molar-refractivity contribution in [2.24, 2.45) is 0 Å². The highest BCUT2D eigenvalue weighted by Gasteiger charge is 2.36. The summed E-state index contributed by atoms with van der Waals surface area (Å²) in [5.74, 6) is -2.58. The number of carboxylic acid groups (broad SMARTS) is 2. The third-order valence-electron chi connectivity index (χ3n) is 3.44. The molecule has 1 rings (SSSR count). The first-order chi connectivity index (χ1) is 10.3. The van der Waals surface area contributed by atoms with Crippen molar-refractivity contribution in [1.82, 2.24) is 0 Å². The summed E-state index contributed by atoms with van der Waals surface area (Å²) in [6, 6.07) is 9.67. The van der Waals surface area contributed by atoms with E-state index < -0.39 is 31.4 Å². The number of benzene rings is 1. The second kappa shape index (κ2) is 8.71. The van der Waals surface area contributed by atoms with E-state index in [1.807, 2.05) is 30.3 Å². The predicted octanol–water partition coefficient (Wildman–Crippen LogP) is 2.60. The molecule has 6 nitrogen and oxygen atoms in total. The van der Waals surface area contributed by atoms with Gasteiger partial charge in [-0.05, 0) is 31.2 Å². The highest BCUT2D eigenvalue weighted by atomic mass is 31.2. The van der Waals surface area contributed by atoms with Gasteiger partial charge in [-0.2, -0.15) is 0 Å². The number of rotatable bonds is 10. The summed E-state index contributed by atoms with van der Waals surface area (Å²) in [5, 5.41) is 17.6. The van der Waals surface area contributed by atoms with E-state index >= 15 is 0 Å². The highest BCUT2D eigenvalue weighted by Crippen LogP contribution is 2.49. The van der Waals surface area contributed by atoms with Gasteiger partial charge >= 0.3 is 11.9 Å². The van der Waals surface area contributed by atoms with Crippen LogP contribution in [-0.2, 0) is 20.6 Å². The van der Waals surface area contributed by atoms with Gasteiger partial charge in [0.05, 0.1) is 0 Å². The first-order valence-corrected chi connectivity index (χ1v) is 9.04. The second-order valence-electron chi connectivity index (χ2n) is 5.21. The van der Waals surface area contributed by atoms with Crippen LogP contribution in [-0.4, -0.2) is 38.9 Å². The van der Waals surface area contributed by atoms with E-state index in [2.05, 4.69) is 0 Å². The maximum Gasteiger partial charge on any atom is 0.316 e. The average Bonchev–Trinajstić information content (AvgIpc) is 2.44. The zero-order valence-electron chi connectivity index (χ0n) is 12.2. The Morgan fingerprint density at radius 1 is 1.09 bits per heavy atom. The first-order valence-electron chi connectivity index (χ1n) is 7.13. The van der Waals surface area contributed by atoms with Crippen LogP contribution in [0.1, 0.15) is 31.2 Å². The van der Waals surface area contributed by atoms with E-state index in [0.717, 1.165) is 12.0 Å². The monoisotopic (exact) mass is 328 g/mol. The Kier molecular flexibility index (Phi) is 7.28. The number of carboxylic acids is 2. The van der Waals surface area contributed by atoms with Crippen LogP contribution in [0.25, 0.3) is 0 Å². The first kappa shape index (κ1) is 18.4. The molecule has 0 saturated carbocycles. The normalized spacial score (nSPS) is 15.0. The molecule has 0 radical (unpaired) electrons. The van der Waals surface area contributed by atoms with Gasteiger partial charge in [-0.15, -0.1) is 0 Å². The number of hydrogen-bond donors (Lipinski definition) is 3. The molecular formula is C15H21O6P. The average molecular weight is 328 g/mol. The number of aryl methyl sites for hydroxylation is 1. The maximum atomic E-state index is 12.2. The minimum absolute atomic E-state index is 0.101. The fraction of sp³-hybridized carbons (Fsp3) is 0.467. The van der Waals surface area contributed by atoms with Gasteiger partial charge in [-0.1, -0.05) is 30.3 Å². The van der Waals surface area contributed by atoms with Crippen molar-refractivity contribution in [2.45, 2.75) is 37.8 Å². The van der Waals surface area contributed by atoms with Gasteiger partial charge in [0, 0.05) is 12.6 Å². The lowest BCUT2D eigenvalue weighted by Crippen LogP contribution is -2.23. The Morgan fingerprint density at radius 2 is 1.73 bits per heavy atom. The van der Waals surface area contributed by atoms with Crippen LogP contribution >= 0.6 is 7.37 Å². The smallest absolute Gasteiger partial charge is 0.316 e. The van der Waals surface area contributed by atoms with Crippen LogP contribution < -0.4 is 0 Å². The Morgan fingerprint density at radius 3 is 2.27 bits per heavy atom. The van der Waals surface area contributed by atoms with E-state index in [1.54, 1.807) is 0 Å². The summed E-state index contributed by atoms with van der Waals surface area (Å²) in [4.78, 5) is 31.5. The Hall–Kier alpha value is -1.65. The van der Waals surface area contributed by atoms with Gasteiger partial charge in [0.2, 0.25) is 7.37 Å². The summed E-state index contributed by atoms with van der Waals surface area (Å²) in [6.45, 7) is 0. The van der Waals surface area contributed by atoms with Gasteiger partial charge in [-0.3, -0.25) is 14.2 Å². The third kappa shape index (κ3) is 6.41. The lowest BCUT2D eigenvalue weighted by Gasteiger charge is -2.18. The van der Waals surface area contributed by atoms with Crippen LogP contribution in [0.3, 0.4) is 0 Å². The van der Waals surface area contributed by atoms with Crippen LogP contribution in [0.2, 0.25) is 0 Å². The summed E-state index contributed by atoms with van der Waals surface area (Å²) < 4.78 is 12.2. The van der Waals surface area contributed by atoms with E-state index in [1.165, 1.54) is 0 Å². The molecule has 122 valence electrons. The van der Waals surface area contributed by atoms with Crippen LogP contribution in [0.4, 0.5) is 0 Å². The van der Waals surface area contributed by atoms with Gasteiger partial charge < -0.3 is 15.1 Å². The van der Waals surface area contributed by atoms with Crippen molar-refractivity contribution < 1.29 is 29.3 Å². The fourth-order valence-corrected chi connectivity index (χ4v) is 4.09. The van der Waals surface area contributed by atoms with E-state index in [4.69, 9.17) is 10.2 Å². The van der Waals surface area contributed by atoms with E-state index in [-0.39, 0.29) is 12.6 Å². The highest BCUT2D eigenvalue weighted by molar-refractivity contribution is 7.59. The molecule has 0 spiro atoms. The molecule has 1 aromatic rings. The lowest BCUT2D eigenvalue weighted by molar-refractivity contribution is -0.138. The van der Waals surface area contributed by atoms with Crippen LogP contribution in [0.15, 0.2) is 30.3 Å². The summed E-state index contributed by atoms with van der Waals surface area (Å²) in [7, 11) is -3.90. The van der Waals surface area contributed by atoms with Gasteiger partial charge in [0.25, 0.3) is 0 Å². The van der Waals surface area contributed by atoms with E-state index in [0.29, 0.717) is 12.8 Å². The molecule has 0 aliphatic rings. The third-order valence-corrected chi connectivity index (χ3v) is 5.85. The van der Waals surface area contributed by atoms with Crippen LogP contribution in [0, 0.1) is 0 Å². The standard InChI is InChI=1S/C15H21O6P/c16-14(17)10-9-13(15(18)19)22(20,21)11-5-4-8-12-6-2-1-3-7-12/h1-3,6-7,13H,4-5,8-11H2,(H,16,17)(H,18,19)(H,20,21). The second-order valence-corrected chi connectivity index (χ2v) is 7.79. The molecule has 0 fully saturated rings. The SMILES string of the molecule is O=C(O)CCC(C(=O)O)P(=O)(O)CCCCc1ccccc1. The van der Waals surface area contributed by atoms with E-state index in [9.17, 15) is 19.0 Å². The Labute approximate surface area is 129 Å². The number of unbranched alkanes of at least 4 members (excludes halogenated alkanes) is 1. The van der Waals surface area contributed by atoms with Gasteiger partial charge in [-0.25, -0.2) is 0 Å². The van der Waals surface area contributed by atoms with Crippen molar-refractivity contribution in [2.75, 3.05) is 6.16 Å². The molecule has 0 heterocycles. The summed E-state index contributed by atoms with van der Waals surface area (Å²) in [6.07, 6.45) is 1.02. The number of carbonyl (C=O) groups is 2. The Balaban J connectivity index is 2.47. The van der Waals surface area contributed by atoms with Crippen LogP contribution in [0.5, 0.6) is 0 Å². The zero-order chi connectivity index (χ0) is 16.6. The molecule has 0 aliphatic carbocycles. The quantitative estimate of drug-likeness (QED) is 0.449. The molecule has 3 N–H and O–H groups in total. The maximum absolute atomic E-state index is 12.2. The molecule has 0 saturated heterocycles. The van der Waals surface area contributed by atoms with Gasteiger partial charge in [0.1, 0.15) is 5.66 Å². The summed E-state index contributed by atoms with van der Waals surface area (Å²) >= 11 is 0. The van der Waals surface area contributed by atoms with Crippen molar-refractivity contribution in [3.8, 4) is 0 Å². The Bertz CT molecular complexity index is 542. The molecule has 7 heteroatoms. The molecular weight excluding hydrogens is 307 g/mol. The molecule has 22 heavy (non-hydrogen) atoms. The van der Waals surface area contributed by atoms with Gasteiger partial charge in [0.15, 0.2) is 0 Å². The predicted molar refractivity (Wildman–Crippen MR) is 82.4 cm³/mol. The fourth-order valence-electron chi connectivity index (χ4n) is 2.23. The molecule has 1 aromatic carbocycles. The zero-order valence-corrected chi connectivity index (χ0v) is 13.1. The topological polar surface area (TPSA) is 112 Å². The molecule has 0 aromatic heterocycles. The molecule has 0 aliphatic heterocycles. The van der Waals surface area contributed by atoms with Crippen molar-refractivity contribution in [1.29, 1.82) is 0 Å². The van der Waals surface area contributed by atoms with Crippen molar-refractivity contribution in [3.63, 3.8) is 0 Å². The minimum atomic E-state index is -3.90. The number of aliphatic carboxylic acids is 2. The number of hydrogen-bond acceptors (Lipinski definition) is 3. The molecule has 0 amide bonds.